The predicted molar refractivity (Wildman–Crippen MR) is 87.1 cm³/mol. The van der Waals surface area contributed by atoms with E-state index in [0.717, 1.165) is 10.2 Å². The molecule has 0 aliphatic rings. The minimum Gasteiger partial charge on any atom is -0.302 e. The van der Waals surface area contributed by atoms with Gasteiger partial charge in [-0.3, -0.25) is 4.79 Å². The van der Waals surface area contributed by atoms with Crippen molar-refractivity contribution in [3.63, 3.8) is 0 Å². The monoisotopic (exact) mass is 315 g/mol. The van der Waals surface area contributed by atoms with Gasteiger partial charge in [-0.25, -0.2) is 9.67 Å². The molecule has 0 aliphatic carbocycles. The number of nitrogens with one attached hydrogen (secondary N) is 1. The van der Waals surface area contributed by atoms with Crippen LogP contribution in [0, 0.1) is 6.92 Å². The summed E-state index contributed by atoms with van der Waals surface area (Å²) >= 11 is 1.48. The van der Waals surface area contributed by atoms with Crippen molar-refractivity contribution in [2.45, 2.75) is 33.2 Å². The second-order valence-electron chi connectivity index (χ2n) is 5.50. The molecule has 0 bridgehead atoms. The second kappa shape index (κ2) is 5.84. The van der Waals surface area contributed by atoms with Crippen molar-refractivity contribution < 1.29 is 4.79 Å². The van der Waals surface area contributed by atoms with Crippen molar-refractivity contribution in [3.8, 4) is 0 Å². The molecule has 0 unspecified atom stereocenters. The van der Waals surface area contributed by atoms with E-state index in [0.29, 0.717) is 10.8 Å². The molecule has 0 aliphatic heterocycles. The van der Waals surface area contributed by atoms with Gasteiger partial charge in [-0.05, 0) is 38.5 Å². The SMILES string of the molecule is Cc1ccc2nc(NC(=O)Cc3cn(C(C)C)nn3)sc2c1. The molecule has 2 aromatic heterocycles. The Bertz CT molecular complexity index is 820. The van der Waals surface area contributed by atoms with Gasteiger partial charge in [-0.15, -0.1) is 5.10 Å². The standard InChI is InChI=1S/C15H17N5OS/c1-9(2)20-8-11(18-19-20)7-14(21)17-15-16-12-5-4-10(3)6-13(12)22-15/h4-6,8-9H,7H2,1-3H3,(H,16,17,21). The molecule has 114 valence electrons. The van der Waals surface area contributed by atoms with Crippen LogP contribution in [0.25, 0.3) is 10.2 Å². The highest BCUT2D eigenvalue weighted by Crippen LogP contribution is 2.26. The lowest BCUT2D eigenvalue weighted by Crippen LogP contribution is -2.14. The van der Waals surface area contributed by atoms with Gasteiger partial charge >= 0.3 is 0 Å². The first-order chi connectivity index (χ1) is 10.5. The topological polar surface area (TPSA) is 72.7 Å². The van der Waals surface area contributed by atoms with Crippen LogP contribution in [0.1, 0.15) is 31.1 Å². The molecular weight excluding hydrogens is 298 g/mol. The molecule has 1 aromatic carbocycles. The summed E-state index contributed by atoms with van der Waals surface area (Å²) in [5.74, 6) is -0.133. The number of amides is 1. The van der Waals surface area contributed by atoms with Gasteiger partial charge in [-0.2, -0.15) is 0 Å². The number of anilines is 1. The van der Waals surface area contributed by atoms with Gasteiger partial charge in [0.05, 0.1) is 22.3 Å². The Labute approximate surface area is 132 Å². The van der Waals surface area contributed by atoms with Gasteiger partial charge in [-0.1, -0.05) is 22.6 Å². The fourth-order valence-corrected chi connectivity index (χ4v) is 3.04. The van der Waals surface area contributed by atoms with Crippen LogP contribution in [-0.4, -0.2) is 25.9 Å². The number of hydrogen-bond acceptors (Lipinski definition) is 5. The number of thiazole rings is 1. The van der Waals surface area contributed by atoms with Crippen molar-refractivity contribution in [3.05, 3.63) is 35.7 Å². The third-order valence-electron chi connectivity index (χ3n) is 3.22. The van der Waals surface area contributed by atoms with Crippen molar-refractivity contribution in [1.29, 1.82) is 0 Å². The number of hydrogen-bond donors (Lipinski definition) is 1. The number of aryl methyl sites for hydroxylation is 1. The number of rotatable bonds is 4. The summed E-state index contributed by atoms with van der Waals surface area (Å²) in [7, 11) is 0. The van der Waals surface area contributed by atoms with Crippen LogP contribution >= 0.6 is 11.3 Å². The van der Waals surface area contributed by atoms with Crippen LogP contribution in [0.4, 0.5) is 5.13 Å². The van der Waals surface area contributed by atoms with E-state index in [2.05, 4.69) is 26.7 Å². The second-order valence-corrected chi connectivity index (χ2v) is 6.53. The van der Waals surface area contributed by atoms with Gasteiger partial charge < -0.3 is 5.32 Å². The van der Waals surface area contributed by atoms with Gasteiger partial charge in [0.15, 0.2) is 5.13 Å². The van der Waals surface area contributed by atoms with E-state index < -0.39 is 0 Å². The Morgan fingerprint density at radius 3 is 2.95 bits per heavy atom. The lowest BCUT2D eigenvalue weighted by molar-refractivity contribution is -0.115. The Morgan fingerprint density at radius 2 is 2.23 bits per heavy atom. The maximum Gasteiger partial charge on any atom is 0.232 e. The van der Waals surface area contributed by atoms with Crippen molar-refractivity contribution in [2.24, 2.45) is 0 Å². The van der Waals surface area contributed by atoms with Gasteiger partial charge in [0.25, 0.3) is 0 Å². The maximum absolute atomic E-state index is 12.1. The molecule has 0 saturated heterocycles. The highest BCUT2D eigenvalue weighted by Gasteiger charge is 2.11. The highest BCUT2D eigenvalue weighted by molar-refractivity contribution is 7.22. The highest BCUT2D eigenvalue weighted by atomic mass is 32.1. The lowest BCUT2D eigenvalue weighted by Gasteiger charge is -2.01. The average molecular weight is 315 g/mol. The van der Waals surface area contributed by atoms with E-state index in [1.54, 1.807) is 10.9 Å². The van der Waals surface area contributed by atoms with E-state index in [-0.39, 0.29) is 18.4 Å². The van der Waals surface area contributed by atoms with Crippen molar-refractivity contribution in [2.75, 3.05) is 5.32 Å². The molecule has 22 heavy (non-hydrogen) atoms. The molecule has 0 spiro atoms. The fourth-order valence-electron chi connectivity index (χ4n) is 2.06. The summed E-state index contributed by atoms with van der Waals surface area (Å²) in [6.45, 7) is 6.07. The zero-order chi connectivity index (χ0) is 15.7. The molecule has 1 N–H and O–H groups in total. The normalized spacial score (nSPS) is 11.3. The van der Waals surface area contributed by atoms with E-state index in [1.165, 1.54) is 16.9 Å². The van der Waals surface area contributed by atoms with Crippen LogP contribution in [0.5, 0.6) is 0 Å². The van der Waals surface area contributed by atoms with Crippen LogP contribution in [0.15, 0.2) is 24.4 Å². The first kappa shape index (κ1) is 14.6. The predicted octanol–water partition coefficient (Wildman–Crippen LogP) is 2.96. The zero-order valence-electron chi connectivity index (χ0n) is 12.7. The lowest BCUT2D eigenvalue weighted by atomic mass is 10.2. The summed E-state index contributed by atoms with van der Waals surface area (Å²) in [4.78, 5) is 16.5. The number of aromatic nitrogens is 4. The Kier molecular flexibility index (Phi) is 3.89. The summed E-state index contributed by atoms with van der Waals surface area (Å²) in [6, 6.07) is 6.27. The van der Waals surface area contributed by atoms with E-state index in [4.69, 9.17) is 0 Å². The average Bonchev–Trinajstić information content (AvgIpc) is 3.04. The zero-order valence-corrected chi connectivity index (χ0v) is 13.5. The Morgan fingerprint density at radius 1 is 1.41 bits per heavy atom. The molecule has 6 nitrogen and oxygen atoms in total. The van der Waals surface area contributed by atoms with Crippen LogP contribution in [-0.2, 0) is 11.2 Å². The van der Waals surface area contributed by atoms with Crippen molar-refractivity contribution in [1.82, 2.24) is 20.0 Å². The van der Waals surface area contributed by atoms with Crippen LogP contribution in [0.3, 0.4) is 0 Å². The molecule has 3 aromatic rings. The summed E-state index contributed by atoms with van der Waals surface area (Å²) in [6.07, 6.45) is 1.99. The molecule has 0 fully saturated rings. The summed E-state index contributed by atoms with van der Waals surface area (Å²) in [5.41, 5.74) is 2.74. The summed E-state index contributed by atoms with van der Waals surface area (Å²) < 4.78 is 2.81. The Hall–Kier alpha value is -2.28. The molecule has 0 atom stereocenters. The Balaban J connectivity index is 1.69. The fraction of sp³-hybridized carbons (Fsp3) is 0.333. The van der Waals surface area contributed by atoms with Gasteiger partial charge in [0.2, 0.25) is 5.91 Å². The van der Waals surface area contributed by atoms with Crippen LogP contribution < -0.4 is 5.32 Å². The van der Waals surface area contributed by atoms with Gasteiger partial charge in [0, 0.05) is 12.2 Å². The molecule has 0 radical (unpaired) electrons. The number of nitrogens with zero attached hydrogens (tertiary/aromatic N) is 4. The number of fused-ring (bicyclic) bond motifs is 1. The molecule has 7 heteroatoms. The van der Waals surface area contributed by atoms with E-state index in [9.17, 15) is 4.79 Å². The molecule has 0 saturated carbocycles. The summed E-state index contributed by atoms with van der Waals surface area (Å²) in [5, 5.41) is 11.4. The van der Waals surface area contributed by atoms with Crippen LogP contribution in [0.2, 0.25) is 0 Å². The third kappa shape index (κ3) is 3.14. The first-order valence-corrected chi connectivity index (χ1v) is 7.90. The van der Waals surface area contributed by atoms with Gasteiger partial charge in [0.1, 0.15) is 0 Å². The van der Waals surface area contributed by atoms with E-state index in [1.807, 2.05) is 32.9 Å². The third-order valence-corrected chi connectivity index (χ3v) is 4.15. The molecule has 2 heterocycles. The van der Waals surface area contributed by atoms with Crippen molar-refractivity contribution >= 4 is 32.6 Å². The molecule has 1 amide bonds. The smallest absolute Gasteiger partial charge is 0.232 e. The number of carbonyl (C=O) groups is 1. The minimum atomic E-state index is -0.133. The largest absolute Gasteiger partial charge is 0.302 e. The van der Waals surface area contributed by atoms with E-state index >= 15 is 0 Å². The quantitative estimate of drug-likeness (QED) is 0.803. The first-order valence-electron chi connectivity index (χ1n) is 7.09. The minimum absolute atomic E-state index is 0.133. The maximum atomic E-state index is 12.1. The molecular formula is C15H17N5OS. The number of carbonyl (C=O) groups excluding carboxylic acids is 1. The molecule has 3 rings (SSSR count). The number of benzene rings is 1.